The van der Waals surface area contributed by atoms with Gasteiger partial charge in [0.2, 0.25) is 5.95 Å². The van der Waals surface area contributed by atoms with Crippen LogP contribution in [0.1, 0.15) is 13.8 Å². The van der Waals surface area contributed by atoms with Gasteiger partial charge in [-0.1, -0.05) is 18.3 Å². The number of carboxylic acid groups (broad SMARTS) is 1. The van der Waals surface area contributed by atoms with E-state index in [4.69, 9.17) is 14.6 Å². The summed E-state index contributed by atoms with van der Waals surface area (Å²) in [7, 11) is -0.606. The van der Waals surface area contributed by atoms with Gasteiger partial charge in [0.05, 0.1) is 11.0 Å². The van der Waals surface area contributed by atoms with Gasteiger partial charge in [-0.05, 0) is 32.0 Å². The van der Waals surface area contributed by atoms with Crippen LogP contribution >= 0.6 is 11.8 Å². The maximum atomic E-state index is 10.7. The maximum Gasteiger partial charge on any atom is 0.411 e. The van der Waals surface area contributed by atoms with Gasteiger partial charge in [-0.25, -0.2) is 9.78 Å². The van der Waals surface area contributed by atoms with Crippen LogP contribution in [0.25, 0.3) is 11.0 Å². The zero-order valence-electron chi connectivity index (χ0n) is 13.4. The van der Waals surface area contributed by atoms with E-state index in [-0.39, 0.29) is 5.95 Å². The molecule has 0 radical (unpaired) electrons. The number of imidazole rings is 1. The van der Waals surface area contributed by atoms with E-state index in [1.54, 1.807) is 11.8 Å². The molecule has 0 spiro atoms. The fourth-order valence-corrected chi connectivity index (χ4v) is 5.12. The third-order valence-electron chi connectivity index (χ3n) is 3.11. The predicted molar refractivity (Wildman–Crippen MR) is 94.0 cm³/mol. The fourth-order valence-electron chi connectivity index (χ4n) is 2.21. The number of rotatable bonds is 8. The van der Waals surface area contributed by atoms with Crippen molar-refractivity contribution in [1.82, 2.24) is 9.97 Å². The molecule has 1 aromatic heterocycles. The Labute approximate surface area is 141 Å². The number of amides is 1. The number of nitrogens with zero attached hydrogens (tertiary/aromatic N) is 1. The van der Waals surface area contributed by atoms with Gasteiger partial charge in [-0.2, -0.15) is 0 Å². The summed E-state index contributed by atoms with van der Waals surface area (Å²) in [5, 5.41) is 11.0. The van der Waals surface area contributed by atoms with Crippen LogP contribution in [0.5, 0.6) is 0 Å². The first-order chi connectivity index (χ1) is 11.0. The van der Waals surface area contributed by atoms with E-state index in [2.05, 4.69) is 21.8 Å². The van der Waals surface area contributed by atoms with Crippen molar-refractivity contribution in [1.29, 1.82) is 0 Å². The van der Waals surface area contributed by atoms with E-state index in [0.29, 0.717) is 18.7 Å². The number of aromatic amines is 1. The Bertz CT molecular complexity index is 673. The summed E-state index contributed by atoms with van der Waals surface area (Å²) >= 11 is 1.55. The average Bonchev–Trinajstić information content (AvgIpc) is 2.88. The summed E-state index contributed by atoms with van der Waals surface area (Å²) in [6.07, 6.45) is -1.15. The minimum atomic E-state index is -1.15. The molecule has 0 saturated carbocycles. The molecule has 0 aliphatic carbocycles. The van der Waals surface area contributed by atoms with Crippen molar-refractivity contribution in [2.24, 2.45) is 0 Å². The average molecular weight is 355 g/mol. The molecule has 0 atom stereocenters. The molecule has 23 heavy (non-hydrogen) atoms. The number of benzene rings is 1. The smallest absolute Gasteiger partial charge is 0.411 e. The van der Waals surface area contributed by atoms with Crippen molar-refractivity contribution >= 4 is 44.4 Å². The predicted octanol–water partition coefficient (Wildman–Crippen LogP) is 2.65. The summed E-state index contributed by atoms with van der Waals surface area (Å²) in [5.41, 5.74) is 1.46. The molecule has 0 aliphatic rings. The molecular formula is C14H21N3O4SSi. The van der Waals surface area contributed by atoms with Gasteiger partial charge in [0, 0.05) is 18.1 Å². The number of ether oxygens (including phenoxy) is 2. The second-order valence-corrected chi connectivity index (χ2v) is 8.15. The summed E-state index contributed by atoms with van der Waals surface area (Å²) < 4.78 is 11.2. The molecule has 0 bridgehead atoms. The molecule has 3 N–H and O–H groups in total. The van der Waals surface area contributed by atoms with E-state index >= 15 is 0 Å². The van der Waals surface area contributed by atoms with Gasteiger partial charge in [-0.15, -0.1) is 0 Å². The van der Waals surface area contributed by atoms with Gasteiger partial charge >= 0.3 is 6.09 Å². The van der Waals surface area contributed by atoms with Crippen LogP contribution in [0.4, 0.5) is 10.7 Å². The number of carbonyl (C=O) groups is 1. The third kappa shape index (κ3) is 4.47. The Kier molecular flexibility index (Phi) is 6.05. The Morgan fingerprint density at radius 2 is 2.13 bits per heavy atom. The minimum absolute atomic E-state index is 0.209. The Hall–Kier alpha value is -1.55. The summed E-state index contributed by atoms with van der Waals surface area (Å²) in [6.45, 7) is 7.24. The highest BCUT2D eigenvalue weighted by Crippen LogP contribution is 2.35. The van der Waals surface area contributed by atoms with Gasteiger partial charge in [-0.3, -0.25) is 5.32 Å². The molecule has 1 amide bonds. The highest BCUT2D eigenvalue weighted by Gasteiger charge is 2.30. The highest BCUT2D eigenvalue weighted by molar-refractivity contribution is 8.01. The van der Waals surface area contributed by atoms with Crippen LogP contribution in [-0.4, -0.2) is 48.6 Å². The first-order valence-corrected chi connectivity index (χ1v) is 10.4. The van der Waals surface area contributed by atoms with E-state index in [1.165, 1.54) is 0 Å². The lowest BCUT2D eigenvalue weighted by Gasteiger charge is -2.31. The molecule has 126 valence electrons. The van der Waals surface area contributed by atoms with Gasteiger partial charge in [0.15, 0.2) is 4.74 Å². The lowest BCUT2D eigenvalue weighted by Crippen LogP contribution is -2.37. The molecule has 2 rings (SSSR count). The van der Waals surface area contributed by atoms with Crippen molar-refractivity contribution in [3.8, 4) is 0 Å². The lowest BCUT2D eigenvalue weighted by molar-refractivity contribution is -0.110. The molecule has 0 aliphatic heterocycles. The van der Waals surface area contributed by atoms with Crippen molar-refractivity contribution in [2.45, 2.75) is 30.0 Å². The van der Waals surface area contributed by atoms with Gasteiger partial charge in [0.1, 0.15) is 9.52 Å². The normalized spacial score (nSPS) is 12.3. The number of fused-ring (bicyclic) bond motifs is 1. The minimum Gasteiger partial charge on any atom is -0.465 e. The number of hydrogen-bond donors (Lipinski definition) is 3. The van der Waals surface area contributed by atoms with Crippen molar-refractivity contribution in [2.75, 3.05) is 18.5 Å². The van der Waals surface area contributed by atoms with Crippen molar-refractivity contribution < 1.29 is 19.4 Å². The zero-order chi connectivity index (χ0) is 16.9. The number of hydrogen-bond acceptors (Lipinski definition) is 5. The van der Waals surface area contributed by atoms with E-state index in [9.17, 15) is 4.79 Å². The first-order valence-electron chi connectivity index (χ1n) is 7.48. The zero-order valence-corrected chi connectivity index (χ0v) is 15.6. The molecule has 9 heteroatoms. The molecule has 2 aromatic rings. The van der Waals surface area contributed by atoms with Gasteiger partial charge < -0.3 is 19.6 Å². The lowest BCUT2D eigenvalue weighted by atomic mass is 10.3. The third-order valence-corrected chi connectivity index (χ3v) is 6.72. The molecular weight excluding hydrogens is 334 g/mol. The van der Waals surface area contributed by atoms with E-state index in [1.807, 2.05) is 32.0 Å². The van der Waals surface area contributed by atoms with Crippen LogP contribution in [0.15, 0.2) is 23.1 Å². The molecule has 1 heterocycles. The number of thioether (sulfide) groups is 1. The van der Waals surface area contributed by atoms with E-state index < -0.39 is 20.4 Å². The summed E-state index contributed by atoms with van der Waals surface area (Å²) in [6, 6.07) is 5.73. The van der Waals surface area contributed by atoms with Crippen LogP contribution < -0.4 is 5.32 Å². The number of anilines is 1. The van der Waals surface area contributed by atoms with Crippen LogP contribution in [0.3, 0.4) is 0 Å². The van der Waals surface area contributed by atoms with Crippen LogP contribution in [-0.2, 0) is 9.47 Å². The molecule has 0 saturated heterocycles. The number of nitrogens with one attached hydrogen (secondary N) is 2. The second kappa shape index (κ2) is 7.82. The van der Waals surface area contributed by atoms with Crippen LogP contribution in [0.2, 0.25) is 6.55 Å². The SMILES string of the molecule is CCOC(OCC)([SiH2]C)Sc1ccc2[nH]c(NC(=O)O)nc2c1. The largest absolute Gasteiger partial charge is 0.465 e. The van der Waals surface area contributed by atoms with Crippen molar-refractivity contribution in [3.63, 3.8) is 0 Å². The summed E-state index contributed by atoms with van der Waals surface area (Å²) in [4.78, 5) is 18.8. The number of aromatic nitrogens is 2. The fraction of sp³-hybridized carbons (Fsp3) is 0.429. The molecule has 0 fully saturated rings. The van der Waals surface area contributed by atoms with Gasteiger partial charge in [0.25, 0.3) is 0 Å². The van der Waals surface area contributed by atoms with Crippen LogP contribution in [0, 0.1) is 0 Å². The Morgan fingerprint density at radius 1 is 1.43 bits per heavy atom. The van der Waals surface area contributed by atoms with E-state index in [0.717, 1.165) is 10.4 Å². The summed E-state index contributed by atoms with van der Waals surface area (Å²) in [5.74, 6) is 0.209. The molecule has 7 nitrogen and oxygen atoms in total. The topological polar surface area (TPSA) is 96.5 Å². The molecule has 0 unspecified atom stereocenters. The molecule has 1 aromatic carbocycles. The Balaban J connectivity index is 2.26. The van der Waals surface area contributed by atoms with Crippen molar-refractivity contribution in [3.05, 3.63) is 18.2 Å². The Morgan fingerprint density at radius 3 is 2.70 bits per heavy atom. The highest BCUT2D eigenvalue weighted by atomic mass is 32.2. The maximum absolute atomic E-state index is 10.7. The standard InChI is InChI=1S/C14H21N3O4SSi/c1-4-20-14(23-3,21-5-2)22-9-6-7-10-11(8-9)16-12(15-10)17-13(18)19/h6-8H,4-5,23H2,1-3H3,(H,18,19)(H2,15,16,17). The second-order valence-electron chi connectivity index (χ2n) is 4.70. The number of H-pyrrole nitrogens is 1. The monoisotopic (exact) mass is 355 g/mol. The first kappa shape index (κ1) is 17.8. The quantitative estimate of drug-likeness (QED) is 0.383.